The second-order valence-corrected chi connectivity index (χ2v) is 9.32. The normalized spacial score (nSPS) is 34.7. The Morgan fingerprint density at radius 2 is 1.80 bits per heavy atom. The lowest BCUT2D eigenvalue weighted by Crippen LogP contribution is -2.49. The van der Waals surface area contributed by atoms with Gasteiger partial charge >= 0.3 is 11.9 Å². The second-order valence-electron chi connectivity index (χ2n) is 7.63. The van der Waals surface area contributed by atoms with Crippen molar-refractivity contribution >= 4 is 35.0 Å². The summed E-state index contributed by atoms with van der Waals surface area (Å²) < 4.78 is 50.7. The van der Waals surface area contributed by atoms with Gasteiger partial charge < -0.3 is 18.9 Å². The van der Waals surface area contributed by atoms with Crippen molar-refractivity contribution < 1.29 is 50.7 Å². The van der Waals surface area contributed by atoms with E-state index < -0.39 is 57.0 Å². The number of fused-ring (bicyclic) bond motifs is 1. The average Bonchev–Trinajstić information content (AvgIpc) is 3.18. The predicted molar refractivity (Wildman–Crippen MR) is 96.0 cm³/mol. The molecule has 2 bridgehead atoms. The van der Waals surface area contributed by atoms with Crippen LogP contribution in [0.5, 0.6) is 0 Å². The molecule has 2 aliphatic carbocycles. The first-order chi connectivity index (χ1) is 14.2. The largest absolute Gasteiger partial charge is 0.468 e. The molecule has 3 fully saturated rings. The van der Waals surface area contributed by atoms with Gasteiger partial charge in [-0.3, -0.25) is 13.8 Å². The SMILES string of the molecule is C=CC(=O)OCC(=O)OC1C2C3(CCOC=O)CC1(CCOC=O)CC3OS2(=O)=O. The van der Waals surface area contributed by atoms with E-state index in [2.05, 4.69) is 11.3 Å². The van der Waals surface area contributed by atoms with E-state index in [0.717, 1.165) is 6.08 Å². The van der Waals surface area contributed by atoms with Crippen LogP contribution in [-0.2, 0) is 52.4 Å². The molecule has 3 aliphatic rings. The first-order valence-electron chi connectivity index (χ1n) is 9.26. The predicted octanol–water partition coefficient (Wildman–Crippen LogP) is -0.369. The Bertz CT molecular complexity index is 837. The molecule has 1 heterocycles. The lowest BCUT2D eigenvalue weighted by atomic mass is 9.75. The topological polar surface area (TPSA) is 149 Å². The van der Waals surface area contributed by atoms with Crippen molar-refractivity contribution in [3.63, 3.8) is 0 Å². The Morgan fingerprint density at radius 3 is 2.43 bits per heavy atom. The molecule has 30 heavy (non-hydrogen) atoms. The summed E-state index contributed by atoms with van der Waals surface area (Å²) in [6.45, 7) is 3.05. The molecule has 0 aromatic carbocycles. The number of rotatable bonds is 12. The van der Waals surface area contributed by atoms with Gasteiger partial charge in [0.05, 0.1) is 19.3 Å². The smallest absolute Gasteiger partial charge is 0.344 e. The van der Waals surface area contributed by atoms with Gasteiger partial charge in [-0.05, 0) is 25.7 Å². The van der Waals surface area contributed by atoms with Crippen LogP contribution in [0.4, 0.5) is 0 Å². The molecule has 3 rings (SSSR count). The van der Waals surface area contributed by atoms with Crippen molar-refractivity contribution in [3.8, 4) is 0 Å². The summed E-state index contributed by atoms with van der Waals surface area (Å²) in [4.78, 5) is 44.6. The van der Waals surface area contributed by atoms with Crippen molar-refractivity contribution in [1.29, 1.82) is 0 Å². The third-order valence-corrected chi connectivity index (χ3v) is 8.06. The van der Waals surface area contributed by atoms with E-state index in [1.54, 1.807) is 0 Å². The summed E-state index contributed by atoms with van der Waals surface area (Å²) >= 11 is 0. The molecule has 166 valence electrons. The molecule has 0 radical (unpaired) electrons. The van der Waals surface area contributed by atoms with Gasteiger partial charge in [0.15, 0.2) is 6.61 Å². The molecule has 0 aromatic heterocycles. The van der Waals surface area contributed by atoms with Crippen LogP contribution >= 0.6 is 0 Å². The summed E-state index contributed by atoms with van der Waals surface area (Å²) in [5.74, 6) is -1.75. The van der Waals surface area contributed by atoms with Crippen LogP contribution < -0.4 is 0 Å². The van der Waals surface area contributed by atoms with Crippen LogP contribution in [0.15, 0.2) is 12.7 Å². The fourth-order valence-electron chi connectivity index (χ4n) is 5.21. The maximum Gasteiger partial charge on any atom is 0.344 e. The number of carbonyl (C=O) groups is 4. The third kappa shape index (κ3) is 3.69. The molecule has 1 aliphatic heterocycles. The molecule has 11 nitrogen and oxygen atoms in total. The minimum Gasteiger partial charge on any atom is -0.468 e. The highest BCUT2D eigenvalue weighted by Crippen LogP contribution is 2.71. The zero-order valence-corrected chi connectivity index (χ0v) is 16.8. The van der Waals surface area contributed by atoms with Crippen molar-refractivity contribution in [2.75, 3.05) is 19.8 Å². The molecular weight excluding hydrogens is 424 g/mol. The Labute approximate surface area is 172 Å². The van der Waals surface area contributed by atoms with Crippen LogP contribution in [0, 0.1) is 10.8 Å². The van der Waals surface area contributed by atoms with Crippen molar-refractivity contribution in [3.05, 3.63) is 12.7 Å². The summed E-state index contributed by atoms with van der Waals surface area (Å²) in [7, 11) is -4.08. The Balaban J connectivity index is 1.88. The Hall–Kier alpha value is -2.47. The van der Waals surface area contributed by atoms with Gasteiger partial charge in [-0.1, -0.05) is 6.58 Å². The molecule has 0 spiro atoms. The molecule has 2 saturated carbocycles. The number of ether oxygens (including phenoxy) is 4. The van der Waals surface area contributed by atoms with E-state index in [0.29, 0.717) is 6.42 Å². The average molecular weight is 446 g/mol. The highest BCUT2D eigenvalue weighted by atomic mass is 32.2. The van der Waals surface area contributed by atoms with E-state index >= 15 is 0 Å². The summed E-state index contributed by atoms with van der Waals surface area (Å²) in [5, 5.41) is -1.17. The van der Waals surface area contributed by atoms with Crippen molar-refractivity contribution in [2.24, 2.45) is 10.8 Å². The van der Waals surface area contributed by atoms with Crippen LogP contribution in [0.2, 0.25) is 0 Å². The minimum atomic E-state index is -4.08. The number of hydrogen-bond donors (Lipinski definition) is 0. The number of hydrogen-bond acceptors (Lipinski definition) is 11. The monoisotopic (exact) mass is 446 g/mol. The Kier molecular flexibility index (Phi) is 6.18. The fourth-order valence-corrected chi connectivity index (χ4v) is 7.49. The number of carbonyl (C=O) groups excluding carboxylic acids is 4. The van der Waals surface area contributed by atoms with Crippen molar-refractivity contribution in [2.45, 2.75) is 43.1 Å². The van der Waals surface area contributed by atoms with Gasteiger partial charge in [0.2, 0.25) is 0 Å². The van der Waals surface area contributed by atoms with Gasteiger partial charge in [-0.25, -0.2) is 9.59 Å². The molecular formula is C18H22O11S. The van der Waals surface area contributed by atoms with Gasteiger partial charge in [-0.2, -0.15) is 8.42 Å². The standard InChI is InChI=1S/C18H22O11S/c1-2-13(21)27-8-14(22)28-15-16-18(4-6-26-11-20)9-17(15,3-5-25-10-19)7-12(18)29-30(16,23)24/h2,10-12,15-16H,1,3-9H2. The molecule has 0 amide bonds. The zero-order chi connectivity index (χ0) is 22.0. The minimum absolute atomic E-state index is 0.00338. The van der Waals surface area contributed by atoms with E-state index in [4.69, 9.17) is 18.4 Å². The lowest BCUT2D eigenvalue weighted by Gasteiger charge is -2.37. The summed E-state index contributed by atoms with van der Waals surface area (Å²) in [6.07, 6.45) is 0.161. The maximum atomic E-state index is 12.8. The first kappa shape index (κ1) is 22.2. The van der Waals surface area contributed by atoms with Crippen LogP contribution in [0.1, 0.15) is 25.7 Å². The van der Waals surface area contributed by atoms with Crippen LogP contribution in [0.25, 0.3) is 0 Å². The van der Waals surface area contributed by atoms with Crippen LogP contribution in [-0.4, -0.2) is 70.6 Å². The van der Waals surface area contributed by atoms with Gasteiger partial charge in [0.1, 0.15) is 11.4 Å². The second kappa shape index (κ2) is 8.34. The zero-order valence-electron chi connectivity index (χ0n) is 16.0. The molecule has 0 aromatic rings. The number of esters is 2. The van der Waals surface area contributed by atoms with E-state index in [1.807, 2.05) is 0 Å². The highest BCUT2D eigenvalue weighted by molar-refractivity contribution is 7.87. The first-order valence-corrected chi connectivity index (χ1v) is 10.7. The van der Waals surface area contributed by atoms with E-state index in [9.17, 15) is 27.6 Å². The fraction of sp³-hybridized carbons (Fsp3) is 0.667. The third-order valence-electron chi connectivity index (χ3n) is 6.22. The highest BCUT2D eigenvalue weighted by Gasteiger charge is 2.79. The summed E-state index contributed by atoms with van der Waals surface area (Å²) in [5.41, 5.74) is -1.73. The molecule has 5 atom stereocenters. The van der Waals surface area contributed by atoms with Gasteiger partial charge in [-0.15, -0.1) is 0 Å². The quantitative estimate of drug-likeness (QED) is 0.0965. The Morgan fingerprint density at radius 1 is 1.13 bits per heavy atom. The maximum absolute atomic E-state index is 12.8. The molecule has 5 unspecified atom stereocenters. The van der Waals surface area contributed by atoms with Gasteiger partial charge in [0, 0.05) is 16.9 Å². The van der Waals surface area contributed by atoms with E-state index in [-0.39, 0.29) is 45.4 Å². The van der Waals surface area contributed by atoms with Crippen molar-refractivity contribution in [1.82, 2.24) is 0 Å². The van der Waals surface area contributed by atoms with Crippen LogP contribution in [0.3, 0.4) is 0 Å². The molecule has 0 N–H and O–H groups in total. The van der Waals surface area contributed by atoms with E-state index in [1.165, 1.54) is 0 Å². The lowest BCUT2D eigenvalue weighted by molar-refractivity contribution is -0.166. The van der Waals surface area contributed by atoms with Gasteiger partial charge in [0.25, 0.3) is 23.1 Å². The summed E-state index contributed by atoms with van der Waals surface area (Å²) in [6, 6.07) is 0. The molecule has 1 saturated heterocycles. The molecule has 12 heteroatoms.